The van der Waals surface area contributed by atoms with E-state index in [4.69, 9.17) is 0 Å². The van der Waals surface area contributed by atoms with Crippen molar-refractivity contribution in [3.05, 3.63) is 42.5 Å². The lowest BCUT2D eigenvalue weighted by Gasteiger charge is -2.10. The van der Waals surface area contributed by atoms with Gasteiger partial charge in [0.25, 0.3) is 0 Å². The lowest BCUT2D eigenvalue weighted by atomic mass is 10.1. The second-order valence-corrected chi connectivity index (χ2v) is 4.72. The Bertz CT molecular complexity index is 840. The Kier molecular flexibility index (Phi) is 3.20. The van der Waals surface area contributed by atoms with Gasteiger partial charge in [0.2, 0.25) is 0 Å². The van der Waals surface area contributed by atoms with Gasteiger partial charge in [0.1, 0.15) is 17.2 Å². The van der Waals surface area contributed by atoms with E-state index in [2.05, 4.69) is 9.84 Å². The number of nitrogens with zero attached hydrogens (tertiary/aromatic N) is 2. The number of ether oxygens (including phenoxy) is 1. The predicted molar refractivity (Wildman–Crippen MR) is 74.5 cm³/mol. The molecule has 0 bridgehead atoms. The molecule has 0 aliphatic carbocycles. The second kappa shape index (κ2) is 4.94. The maximum absolute atomic E-state index is 12.3. The lowest BCUT2D eigenvalue weighted by Crippen LogP contribution is -2.17. The van der Waals surface area contributed by atoms with Gasteiger partial charge in [-0.25, -0.2) is 0 Å². The maximum atomic E-state index is 12.3. The Labute approximate surface area is 123 Å². The van der Waals surface area contributed by atoms with Gasteiger partial charge >= 0.3 is 6.36 Å². The zero-order chi connectivity index (χ0) is 15.9. The molecule has 0 aliphatic heterocycles. The van der Waals surface area contributed by atoms with Crippen molar-refractivity contribution in [1.29, 1.82) is 0 Å². The van der Waals surface area contributed by atoms with Gasteiger partial charge in [-0.15, -0.1) is 13.2 Å². The quantitative estimate of drug-likeness (QED) is 0.782. The van der Waals surface area contributed by atoms with E-state index in [9.17, 15) is 18.3 Å². The fraction of sp³-hybridized carbons (Fsp3) is 0.133. The monoisotopic (exact) mass is 308 g/mol. The van der Waals surface area contributed by atoms with Crippen molar-refractivity contribution in [3.63, 3.8) is 0 Å². The smallest absolute Gasteiger partial charge is 0.507 e. The first-order chi connectivity index (χ1) is 10.3. The van der Waals surface area contributed by atoms with Crippen LogP contribution in [0.4, 0.5) is 13.2 Å². The molecule has 0 radical (unpaired) electrons. The van der Waals surface area contributed by atoms with Crippen LogP contribution >= 0.6 is 0 Å². The molecule has 0 fully saturated rings. The molecular weight excluding hydrogens is 297 g/mol. The normalized spacial score (nSPS) is 11.8. The highest BCUT2D eigenvalue weighted by Gasteiger charge is 2.31. The fourth-order valence-electron chi connectivity index (χ4n) is 2.31. The van der Waals surface area contributed by atoms with Crippen LogP contribution in [-0.4, -0.2) is 21.2 Å². The lowest BCUT2D eigenvalue weighted by molar-refractivity contribution is -0.274. The third-order valence-corrected chi connectivity index (χ3v) is 3.21. The average Bonchev–Trinajstić information content (AvgIpc) is 2.77. The van der Waals surface area contributed by atoms with Gasteiger partial charge in [-0.05, 0) is 24.3 Å². The third kappa shape index (κ3) is 2.57. The predicted octanol–water partition coefficient (Wildman–Crippen LogP) is 3.84. The van der Waals surface area contributed by atoms with Gasteiger partial charge in [0.15, 0.2) is 0 Å². The van der Waals surface area contributed by atoms with Crippen LogP contribution < -0.4 is 4.74 Å². The number of rotatable bonds is 2. The largest absolute Gasteiger partial charge is 0.573 e. The number of aromatic hydroxyl groups is 1. The van der Waals surface area contributed by atoms with Crippen molar-refractivity contribution >= 4 is 10.9 Å². The van der Waals surface area contributed by atoms with Crippen molar-refractivity contribution in [1.82, 2.24) is 9.78 Å². The van der Waals surface area contributed by atoms with E-state index in [1.165, 1.54) is 0 Å². The highest BCUT2D eigenvalue weighted by Crippen LogP contribution is 2.37. The number of halogens is 3. The Morgan fingerprint density at radius 2 is 1.86 bits per heavy atom. The number of phenolic OH excluding ortho intramolecular Hbond substituents is 1. The number of fused-ring (bicyclic) bond motifs is 1. The maximum Gasteiger partial charge on any atom is 0.573 e. The van der Waals surface area contributed by atoms with Crippen molar-refractivity contribution in [2.75, 3.05) is 0 Å². The van der Waals surface area contributed by atoms with Crippen LogP contribution in [0.25, 0.3) is 22.2 Å². The fourth-order valence-corrected chi connectivity index (χ4v) is 2.31. The van der Waals surface area contributed by atoms with Crippen LogP contribution in [0.15, 0.2) is 42.5 Å². The van der Waals surface area contributed by atoms with Crippen molar-refractivity contribution in [2.24, 2.45) is 7.05 Å². The number of hydrogen-bond donors (Lipinski definition) is 1. The molecule has 0 amide bonds. The molecule has 4 nitrogen and oxygen atoms in total. The minimum atomic E-state index is -4.79. The number of para-hydroxylation sites is 1. The molecule has 0 spiro atoms. The summed E-state index contributed by atoms with van der Waals surface area (Å²) in [6, 6.07) is 10.6. The molecular formula is C15H11F3N2O2. The van der Waals surface area contributed by atoms with E-state index < -0.39 is 12.1 Å². The van der Waals surface area contributed by atoms with Gasteiger partial charge in [-0.3, -0.25) is 4.68 Å². The molecule has 2 aromatic carbocycles. The van der Waals surface area contributed by atoms with Gasteiger partial charge in [-0.1, -0.05) is 18.2 Å². The van der Waals surface area contributed by atoms with E-state index >= 15 is 0 Å². The van der Waals surface area contributed by atoms with Crippen molar-refractivity contribution in [3.8, 4) is 22.8 Å². The zero-order valence-electron chi connectivity index (χ0n) is 11.4. The molecule has 0 unspecified atom stereocenters. The first-order valence-corrected chi connectivity index (χ1v) is 6.36. The van der Waals surface area contributed by atoms with Crippen LogP contribution in [0.5, 0.6) is 11.5 Å². The van der Waals surface area contributed by atoms with Crippen LogP contribution in [-0.2, 0) is 7.05 Å². The molecule has 0 aliphatic rings. The highest BCUT2D eigenvalue weighted by atomic mass is 19.4. The van der Waals surface area contributed by atoms with Crippen LogP contribution in [0.1, 0.15) is 0 Å². The second-order valence-electron chi connectivity index (χ2n) is 4.72. The molecule has 114 valence electrons. The van der Waals surface area contributed by atoms with E-state index in [1.807, 2.05) is 12.1 Å². The minimum Gasteiger partial charge on any atom is -0.507 e. The minimum absolute atomic E-state index is 0.168. The summed E-state index contributed by atoms with van der Waals surface area (Å²) in [5.41, 5.74) is 1.38. The Morgan fingerprint density at radius 3 is 2.59 bits per heavy atom. The summed E-state index contributed by atoms with van der Waals surface area (Å²) >= 11 is 0. The van der Waals surface area contributed by atoms with E-state index in [-0.39, 0.29) is 11.3 Å². The average molecular weight is 308 g/mol. The molecule has 0 saturated carbocycles. The van der Waals surface area contributed by atoms with E-state index in [0.29, 0.717) is 5.69 Å². The summed E-state index contributed by atoms with van der Waals surface area (Å²) in [4.78, 5) is 0. The summed E-state index contributed by atoms with van der Waals surface area (Å²) in [7, 11) is 1.72. The SMILES string of the molecule is Cn1nc(-c2cc(OC(F)(F)F)ccc2O)c2ccccc21. The molecule has 22 heavy (non-hydrogen) atoms. The number of phenols is 1. The van der Waals surface area contributed by atoms with Crippen molar-refractivity contribution < 1.29 is 23.0 Å². The zero-order valence-corrected chi connectivity index (χ0v) is 11.4. The highest BCUT2D eigenvalue weighted by molar-refractivity contribution is 5.94. The van der Waals surface area contributed by atoms with Crippen LogP contribution in [0.3, 0.4) is 0 Å². The first-order valence-electron chi connectivity index (χ1n) is 6.36. The van der Waals surface area contributed by atoms with E-state index in [1.54, 1.807) is 23.9 Å². The van der Waals surface area contributed by atoms with Gasteiger partial charge in [0.05, 0.1) is 5.52 Å². The van der Waals surface area contributed by atoms with Gasteiger partial charge < -0.3 is 9.84 Å². The third-order valence-electron chi connectivity index (χ3n) is 3.21. The van der Waals surface area contributed by atoms with Crippen LogP contribution in [0, 0.1) is 0 Å². The summed E-state index contributed by atoms with van der Waals surface area (Å²) in [5, 5.41) is 15.0. The Hall–Kier alpha value is -2.70. The number of aromatic nitrogens is 2. The molecule has 1 N–H and O–H groups in total. The molecule has 0 saturated heterocycles. The summed E-state index contributed by atoms with van der Waals surface area (Å²) in [6.45, 7) is 0. The van der Waals surface area contributed by atoms with Gasteiger partial charge in [-0.2, -0.15) is 5.10 Å². The van der Waals surface area contributed by atoms with Crippen molar-refractivity contribution in [2.45, 2.75) is 6.36 Å². The standard InChI is InChI=1S/C15H11F3N2O2/c1-20-12-5-3-2-4-10(12)14(19-20)11-8-9(6-7-13(11)21)22-15(16,17)18/h2-8,21H,1H3. The molecule has 1 heterocycles. The summed E-state index contributed by atoms with van der Waals surface area (Å²) in [5.74, 6) is -0.576. The number of aryl methyl sites for hydroxylation is 1. The number of hydrogen-bond acceptors (Lipinski definition) is 3. The van der Waals surface area contributed by atoms with Gasteiger partial charge in [0, 0.05) is 18.0 Å². The van der Waals surface area contributed by atoms with Crippen LogP contribution in [0.2, 0.25) is 0 Å². The first kappa shape index (κ1) is 14.2. The number of benzene rings is 2. The topological polar surface area (TPSA) is 47.3 Å². The van der Waals surface area contributed by atoms with E-state index in [0.717, 1.165) is 29.1 Å². The summed E-state index contributed by atoms with van der Waals surface area (Å²) < 4.78 is 42.5. The number of alkyl halides is 3. The Balaban J connectivity index is 2.16. The summed E-state index contributed by atoms with van der Waals surface area (Å²) in [6.07, 6.45) is -4.79. The Morgan fingerprint density at radius 1 is 1.14 bits per heavy atom. The molecule has 1 aromatic heterocycles. The molecule has 3 aromatic rings. The molecule has 3 rings (SSSR count). The molecule has 7 heteroatoms. The molecule has 0 atom stereocenters.